The molecule has 1 heterocycles. The highest BCUT2D eigenvalue weighted by Crippen LogP contribution is 2.31. The molecule has 0 radical (unpaired) electrons. The second-order valence-electron chi connectivity index (χ2n) is 5.60. The first kappa shape index (κ1) is 16.8. The van der Waals surface area contributed by atoms with E-state index in [1.807, 2.05) is 13.0 Å². The highest BCUT2D eigenvalue weighted by atomic mass is 32.2. The number of nitrogens with zero attached hydrogens (tertiary/aromatic N) is 1. The Labute approximate surface area is 132 Å². The summed E-state index contributed by atoms with van der Waals surface area (Å²) in [7, 11) is -1.84. The van der Waals surface area contributed by atoms with Crippen LogP contribution in [0.15, 0.2) is 17.0 Å². The van der Waals surface area contributed by atoms with Crippen LogP contribution in [0, 0.1) is 0 Å². The van der Waals surface area contributed by atoms with Gasteiger partial charge in [0.15, 0.2) is 9.84 Å². The third-order valence-electron chi connectivity index (χ3n) is 4.04. The molecule has 22 heavy (non-hydrogen) atoms. The molecule has 0 spiro atoms. The van der Waals surface area contributed by atoms with E-state index in [9.17, 15) is 13.2 Å². The summed E-state index contributed by atoms with van der Waals surface area (Å²) in [6.07, 6.45) is 1.97. The van der Waals surface area contributed by atoms with Crippen molar-refractivity contribution < 1.29 is 17.9 Å². The van der Waals surface area contributed by atoms with Crippen LogP contribution in [0.3, 0.4) is 0 Å². The number of fused-ring (bicyclic) bond motifs is 1. The van der Waals surface area contributed by atoms with Crippen molar-refractivity contribution in [2.45, 2.75) is 38.0 Å². The Kier molecular flexibility index (Phi) is 5.11. The third-order valence-corrected chi connectivity index (χ3v) is 5.98. The molecule has 0 aromatic heterocycles. The first-order valence-corrected chi connectivity index (χ1v) is 9.22. The molecule has 6 heteroatoms. The Morgan fingerprint density at radius 2 is 1.82 bits per heavy atom. The highest BCUT2D eigenvalue weighted by Gasteiger charge is 2.23. The van der Waals surface area contributed by atoms with Gasteiger partial charge in [-0.05, 0) is 42.5 Å². The number of amides is 1. The van der Waals surface area contributed by atoms with E-state index in [4.69, 9.17) is 4.74 Å². The number of carbonyl (C=O) groups excluding carboxylic acids is 1. The van der Waals surface area contributed by atoms with Crippen molar-refractivity contribution in [2.75, 3.05) is 26.0 Å². The average Bonchev–Trinajstić information content (AvgIpc) is 2.67. The van der Waals surface area contributed by atoms with Gasteiger partial charge in [0.25, 0.3) is 0 Å². The zero-order valence-corrected chi connectivity index (χ0v) is 14.2. The Morgan fingerprint density at radius 1 is 1.23 bits per heavy atom. The predicted octanol–water partition coefficient (Wildman–Crippen LogP) is 1.83. The van der Waals surface area contributed by atoms with Gasteiger partial charge in [0.05, 0.1) is 12.9 Å². The molecule has 0 aliphatic carbocycles. The van der Waals surface area contributed by atoms with E-state index in [2.05, 4.69) is 0 Å². The molecule has 0 saturated heterocycles. The lowest BCUT2D eigenvalue weighted by atomic mass is 10.0. The summed E-state index contributed by atoms with van der Waals surface area (Å²) < 4.78 is 30.1. The predicted molar refractivity (Wildman–Crippen MR) is 85.0 cm³/mol. The summed E-state index contributed by atoms with van der Waals surface area (Å²) in [6.45, 7) is 4.69. The van der Waals surface area contributed by atoms with Crippen molar-refractivity contribution in [3.8, 4) is 5.75 Å². The SMILES string of the molecule is CCCS(=O)(=O)c1cc2c(cc1OC)CCN(C(C)=O)CC2. The van der Waals surface area contributed by atoms with Gasteiger partial charge < -0.3 is 9.64 Å². The van der Waals surface area contributed by atoms with E-state index in [0.29, 0.717) is 31.7 Å². The van der Waals surface area contributed by atoms with Gasteiger partial charge in [0, 0.05) is 20.0 Å². The molecule has 0 unspecified atom stereocenters. The number of ether oxygens (including phenoxy) is 1. The minimum Gasteiger partial charge on any atom is -0.495 e. The summed E-state index contributed by atoms with van der Waals surface area (Å²) in [5, 5.41) is 0. The van der Waals surface area contributed by atoms with Crippen LogP contribution < -0.4 is 4.74 Å². The largest absolute Gasteiger partial charge is 0.495 e. The molecule has 1 aromatic carbocycles. The lowest BCUT2D eigenvalue weighted by molar-refractivity contribution is -0.128. The molecule has 5 nitrogen and oxygen atoms in total. The zero-order chi connectivity index (χ0) is 16.3. The van der Waals surface area contributed by atoms with Gasteiger partial charge in [-0.1, -0.05) is 6.92 Å². The molecule has 1 amide bonds. The normalized spacial score (nSPS) is 15.1. The number of hydrogen-bond donors (Lipinski definition) is 0. The van der Waals surface area contributed by atoms with E-state index >= 15 is 0 Å². The van der Waals surface area contributed by atoms with E-state index in [1.165, 1.54) is 7.11 Å². The maximum absolute atomic E-state index is 12.4. The van der Waals surface area contributed by atoms with Gasteiger partial charge in [-0.25, -0.2) is 8.42 Å². The number of benzene rings is 1. The molecule has 1 aromatic rings. The molecule has 0 atom stereocenters. The Hall–Kier alpha value is -1.56. The van der Waals surface area contributed by atoms with Crippen molar-refractivity contribution in [3.63, 3.8) is 0 Å². The van der Waals surface area contributed by atoms with Crippen LogP contribution in [0.1, 0.15) is 31.4 Å². The Bertz CT molecular complexity index is 667. The minimum atomic E-state index is -3.33. The maximum Gasteiger partial charge on any atom is 0.219 e. The number of carbonyl (C=O) groups is 1. The van der Waals surface area contributed by atoms with Crippen LogP contribution in [0.5, 0.6) is 5.75 Å². The lowest BCUT2D eigenvalue weighted by Gasteiger charge is -2.17. The fourth-order valence-electron chi connectivity index (χ4n) is 2.83. The van der Waals surface area contributed by atoms with Crippen LogP contribution in [0.25, 0.3) is 0 Å². The molecule has 0 saturated carbocycles. The van der Waals surface area contributed by atoms with Gasteiger partial charge in [-0.3, -0.25) is 4.79 Å². The average molecular weight is 325 g/mol. The smallest absolute Gasteiger partial charge is 0.219 e. The quantitative estimate of drug-likeness (QED) is 0.847. The molecule has 0 N–H and O–H groups in total. The van der Waals surface area contributed by atoms with Crippen LogP contribution in [-0.4, -0.2) is 45.2 Å². The summed E-state index contributed by atoms with van der Waals surface area (Å²) in [6, 6.07) is 3.56. The summed E-state index contributed by atoms with van der Waals surface area (Å²) in [5.41, 5.74) is 2.07. The van der Waals surface area contributed by atoms with Gasteiger partial charge in [0.2, 0.25) is 5.91 Å². The number of sulfone groups is 1. The van der Waals surface area contributed by atoms with Crippen molar-refractivity contribution in [1.29, 1.82) is 0 Å². The fourth-order valence-corrected chi connectivity index (χ4v) is 4.36. The van der Waals surface area contributed by atoms with Crippen LogP contribution in [0.4, 0.5) is 0 Å². The molecular formula is C16H23NO4S. The monoisotopic (exact) mass is 325 g/mol. The number of methoxy groups -OCH3 is 1. The molecule has 122 valence electrons. The van der Waals surface area contributed by atoms with E-state index in [1.54, 1.807) is 17.9 Å². The molecule has 1 aliphatic rings. The molecular weight excluding hydrogens is 302 g/mol. The van der Waals surface area contributed by atoms with Gasteiger partial charge in [0.1, 0.15) is 10.6 Å². The van der Waals surface area contributed by atoms with Crippen molar-refractivity contribution >= 4 is 15.7 Å². The summed E-state index contributed by atoms with van der Waals surface area (Å²) >= 11 is 0. The summed E-state index contributed by atoms with van der Waals surface area (Å²) in [5.74, 6) is 0.573. The molecule has 2 rings (SSSR count). The van der Waals surface area contributed by atoms with Crippen molar-refractivity contribution in [3.05, 3.63) is 23.3 Å². The van der Waals surface area contributed by atoms with E-state index in [-0.39, 0.29) is 16.6 Å². The first-order chi connectivity index (χ1) is 10.4. The van der Waals surface area contributed by atoms with Crippen LogP contribution >= 0.6 is 0 Å². The van der Waals surface area contributed by atoms with Gasteiger partial charge in [-0.2, -0.15) is 0 Å². The first-order valence-electron chi connectivity index (χ1n) is 7.57. The highest BCUT2D eigenvalue weighted by molar-refractivity contribution is 7.91. The summed E-state index contributed by atoms with van der Waals surface area (Å²) in [4.78, 5) is 13.6. The number of hydrogen-bond acceptors (Lipinski definition) is 4. The second-order valence-corrected chi connectivity index (χ2v) is 7.67. The third kappa shape index (κ3) is 3.43. The maximum atomic E-state index is 12.4. The van der Waals surface area contributed by atoms with Crippen molar-refractivity contribution in [2.24, 2.45) is 0 Å². The Morgan fingerprint density at radius 3 is 2.32 bits per heavy atom. The number of rotatable bonds is 4. The standard InChI is InChI=1S/C16H23NO4S/c1-4-9-22(19,20)16-11-14-6-8-17(12(2)18)7-5-13(14)10-15(16)21-3/h10-11H,4-9H2,1-3H3. The van der Waals surface area contributed by atoms with Crippen LogP contribution in [0.2, 0.25) is 0 Å². The molecule has 0 bridgehead atoms. The molecule has 0 fully saturated rings. The van der Waals surface area contributed by atoms with Gasteiger partial charge in [-0.15, -0.1) is 0 Å². The van der Waals surface area contributed by atoms with Crippen LogP contribution in [-0.2, 0) is 27.5 Å². The van der Waals surface area contributed by atoms with Crippen molar-refractivity contribution in [1.82, 2.24) is 4.90 Å². The fraction of sp³-hybridized carbons (Fsp3) is 0.562. The lowest BCUT2D eigenvalue weighted by Crippen LogP contribution is -2.30. The molecule has 1 aliphatic heterocycles. The van der Waals surface area contributed by atoms with E-state index < -0.39 is 9.84 Å². The Balaban J connectivity index is 2.43. The topological polar surface area (TPSA) is 63.7 Å². The second kappa shape index (κ2) is 6.69. The van der Waals surface area contributed by atoms with E-state index in [0.717, 1.165) is 17.5 Å². The van der Waals surface area contributed by atoms with Gasteiger partial charge >= 0.3 is 0 Å². The minimum absolute atomic E-state index is 0.0543. The zero-order valence-electron chi connectivity index (χ0n) is 13.4.